The van der Waals surface area contributed by atoms with E-state index in [0.29, 0.717) is 37.3 Å². The first-order valence-electron chi connectivity index (χ1n) is 11.8. The smallest absolute Gasteiger partial charge is 0.325 e. The number of aryl methyl sites for hydroxylation is 2. The number of carbonyl (C=O) groups excluding carboxylic acids is 4. The molecule has 1 saturated heterocycles. The number of rotatable bonds is 7. The van der Waals surface area contributed by atoms with E-state index < -0.39 is 23.8 Å². The number of hydrogen-bond acceptors (Lipinski definition) is 10. The van der Waals surface area contributed by atoms with Gasteiger partial charge < -0.3 is 20.3 Å². The summed E-state index contributed by atoms with van der Waals surface area (Å²) in [5.41, 5.74) is 2.56. The van der Waals surface area contributed by atoms with Crippen LogP contribution in [0.4, 0.5) is 0 Å². The number of aromatic nitrogens is 5. The summed E-state index contributed by atoms with van der Waals surface area (Å²) in [7, 11) is 1.22. The van der Waals surface area contributed by atoms with E-state index in [0.717, 1.165) is 10.7 Å². The third kappa shape index (κ3) is 5.74. The Labute approximate surface area is 216 Å². The Balaban J connectivity index is 1.32. The Bertz CT molecular complexity index is 1340. The van der Waals surface area contributed by atoms with Crippen LogP contribution in [-0.2, 0) is 14.3 Å². The van der Waals surface area contributed by atoms with Crippen molar-refractivity contribution in [1.29, 1.82) is 0 Å². The van der Waals surface area contributed by atoms with E-state index in [2.05, 4.69) is 35.7 Å². The third-order valence-electron chi connectivity index (χ3n) is 6.19. The van der Waals surface area contributed by atoms with Crippen molar-refractivity contribution in [3.05, 3.63) is 39.2 Å². The molecule has 0 saturated carbocycles. The van der Waals surface area contributed by atoms with E-state index in [1.54, 1.807) is 21.7 Å². The van der Waals surface area contributed by atoms with Gasteiger partial charge >= 0.3 is 5.97 Å². The summed E-state index contributed by atoms with van der Waals surface area (Å²) in [4.78, 5) is 55.1. The number of ether oxygens (including phenoxy) is 1. The maximum absolute atomic E-state index is 13.1. The SMILES string of the molecule is COC(=O)CNC(=O)C(C)NC(=O)c1csc(C2CCN(C(=O)c3nnc4cc(C)nn4c3C)CC2)n1. The molecule has 2 N–H and O–H groups in total. The molecular weight excluding hydrogens is 500 g/mol. The number of piperidine rings is 1. The molecule has 196 valence electrons. The molecule has 3 aromatic heterocycles. The molecule has 1 atom stereocenters. The topological polar surface area (TPSA) is 161 Å². The summed E-state index contributed by atoms with van der Waals surface area (Å²) in [5, 5.41) is 20.1. The maximum Gasteiger partial charge on any atom is 0.325 e. The van der Waals surface area contributed by atoms with Gasteiger partial charge in [0.15, 0.2) is 11.3 Å². The van der Waals surface area contributed by atoms with E-state index in [-0.39, 0.29) is 29.8 Å². The molecule has 0 radical (unpaired) electrons. The fraction of sp³-hybridized carbons (Fsp3) is 0.478. The number of amides is 3. The first-order valence-corrected chi connectivity index (χ1v) is 12.7. The van der Waals surface area contributed by atoms with Crippen LogP contribution in [0, 0.1) is 13.8 Å². The van der Waals surface area contributed by atoms with Crippen LogP contribution < -0.4 is 10.6 Å². The number of methoxy groups -OCH3 is 1. The first-order chi connectivity index (χ1) is 17.7. The fourth-order valence-electron chi connectivity index (χ4n) is 4.05. The van der Waals surface area contributed by atoms with Crippen molar-refractivity contribution in [3.63, 3.8) is 0 Å². The van der Waals surface area contributed by atoms with Crippen LogP contribution in [0.15, 0.2) is 11.4 Å². The summed E-state index contributed by atoms with van der Waals surface area (Å²) in [6.45, 7) is 5.96. The second kappa shape index (κ2) is 11.0. The zero-order valence-corrected chi connectivity index (χ0v) is 21.8. The van der Waals surface area contributed by atoms with E-state index in [1.165, 1.54) is 25.4 Å². The van der Waals surface area contributed by atoms with Crippen LogP contribution in [0.3, 0.4) is 0 Å². The zero-order chi connectivity index (χ0) is 26.7. The molecular formula is C23H28N8O5S. The maximum atomic E-state index is 13.1. The molecule has 14 heteroatoms. The summed E-state index contributed by atoms with van der Waals surface area (Å²) >= 11 is 1.38. The van der Waals surface area contributed by atoms with Gasteiger partial charge in [-0.25, -0.2) is 9.50 Å². The monoisotopic (exact) mass is 528 g/mol. The molecule has 3 amide bonds. The summed E-state index contributed by atoms with van der Waals surface area (Å²) in [6.07, 6.45) is 1.39. The predicted octanol–water partition coefficient (Wildman–Crippen LogP) is 0.625. The van der Waals surface area contributed by atoms with Gasteiger partial charge in [-0.05, 0) is 33.6 Å². The van der Waals surface area contributed by atoms with E-state index in [1.807, 2.05) is 13.0 Å². The summed E-state index contributed by atoms with van der Waals surface area (Å²) in [6, 6.07) is 0.955. The molecule has 1 aliphatic rings. The quantitative estimate of drug-likeness (QED) is 0.419. The number of nitrogens with one attached hydrogen (secondary N) is 2. The first kappa shape index (κ1) is 26.1. The average Bonchev–Trinajstić information content (AvgIpc) is 3.54. The molecule has 0 bridgehead atoms. The highest BCUT2D eigenvalue weighted by molar-refractivity contribution is 7.09. The van der Waals surface area contributed by atoms with Gasteiger partial charge in [0.2, 0.25) is 5.91 Å². The van der Waals surface area contributed by atoms with Gasteiger partial charge in [0, 0.05) is 30.5 Å². The predicted molar refractivity (Wildman–Crippen MR) is 132 cm³/mol. The summed E-state index contributed by atoms with van der Waals surface area (Å²) in [5.74, 6) is -1.64. The number of nitrogens with zero attached hydrogens (tertiary/aromatic N) is 6. The highest BCUT2D eigenvalue weighted by Gasteiger charge is 2.29. The van der Waals surface area contributed by atoms with Crippen molar-refractivity contribution < 1.29 is 23.9 Å². The Morgan fingerprint density at radius 3 is 2.62 bits per heavy atom. The van der Waals surface area contributed by atoms with Crippen LogP contribution in [0.1, 0.15) is 63.1 Å². The number of fused-ring (bicyclic) bond motifs is 1. The lowest BCUT2D eigenvalue weighted by atomic mass is 9.97. The number of hydrogen-bond donors (Lipinski definition) is 2. The van der Waals surface area contributed by atoms with Gasteiger partial charge in [0.1, 0.15) is 18.3 Å². The van der Waals surface area contributed by atoms with Crippen LogP contribution in [0.2, 0.25) is 0 Å². The van der Waals surface area contributed by atoms with E-state index >= 15 is 0 Å². The molecule has 0 spiro atoms. The second-order valence-corrected chi connectivity index (χ2v) is 9.71. The van der Waals surface area contributed by atoms with Gasteiger partial charge in [-0.1, -0.05) is 0 Å². The Kier molecular flexibility index (Phi) is 7.76. The molecule has 0 aliphatic carbocycles. The van der Waals surface area contributed by atoms with Crippen LogP contribution in [0.25, 0.3) is 5.65 Å². The van der Waals surface area contributed by atoms with Crippen molar-refractivity contribution in [3.8, 4) is 0 Å². The van der Waals surface area contributed by atoms with Crippen molar-refractivity contribution in [1.82, 2.24) is 40.3 Å². The van der Waals surface area contributed by atoms with Gasteiger partial charge in [-0.15, -0.1) is 21.5 Å². The van der Waals surface area contributed by atoms with Gasteiger partial charge in [0.05, 0.1) is 23.5 Å². The standard InChI is InChI=1S/C23H28N8O5S/c1-12-9-17-27-28-19(14(3)31(17)29-12)23(35)30-7-5-15(6-8-30)22-26-16(11-37-22)21(34)25-13(2)20(33)24-10-18(32)36-4/h9,11,13,15H,5-8,10H2,1-4H3,(H,24,33)(H,25,34). The van der Waals surface area contributed by atoms with Crippen molar-refractivity contribution in [2.45, 2.75) is 45.6 Å². The molecule has 0 aromatic carbocycles. The highest BCUT2D eigenvalue weighted by Crippen LogP contribution is 2.31. The van der Waals surface area contributed by atoms with Crippen molar-refractivity contribution in [2.24, 2.45) is 0 Å². The molecule has 37 heavy (non-hydrogen) atoms. The largest absolute Gasteiger partial charge is 0.468 e. The van der Waals surface area contributed by atoms with Gasteiger partial charge in [-0.3, -0.25) is 19.2 Å². The van der Waals surface area contributed by atoms with E-state index in [9.17, 15) is 19.2 Å². The number of likely N-dealkylation sites (tertiary alicyclic amines) is 1. The molecule has 13 nitrogen and oxygen atoms in total. The van der Waals surface area contributed by atoms with Crippen LogP contribution >= 0.6 is 11.3 Å². The molecule has 1 fully saturated rings. The molecule has 1 aliphatic heterocycles. The number of esters is 1. The Morgan fingerprint density at radius 1 is 1.19 bits per heavy atom. The highest BCUT2D eigenvalue weighted by atomic mass is 32.1. The number of carbonyl (C=O) groups is 4. The van der Waals surface area contributed by atoms with Crippen LogP contribution in [0.5, 0.6) is 0 Å². The number of thiazole rings is 1. The second-order valence-electron chi connectivity index (χ2n) is 8.82. The van der Waals surface area contributed by atoms with E-state index in [4.69, 9.17) is 0 Å². The van der Waals surface area contributed by atoms with Gasteiger partial charge in [0.25, 0.3) is 11.8 Å². The zero-order valence-electron chi connectivity index (χ0n) is 21.0. The lowest BCUT2D eigenvalue weighted by Gasteiger charge is -2.31. The average molecular weight is 529 g/mol. The Hall–Kier alpha value is -3.94. The van der Waals surface area contributed by atoms with Crippen molar-refractivity contribution in [2.75, 3.05) is 26.7 Å². The molecule has 4 rings (SSSR count). The lowest BCUT2D eigenvalue weighted by molar-refractivity contribution is -0.141. The normalized spacial score (nSPS) is 14.9. The Morgan fingerprint density at radius 2 is 1.92 bits per heavy atom. The fourth-order valence-corrected chi connectivity index (χ4v) is 5.03. The minimum Gasteiger partial charge on any atom is -0.468 e. The molecule has 1 unspecified atom stereocenters. The third-order valence-corrected chi connectivity index (χ3v) is 7.20. The lowest BCUT2D eigenvalue weighted by Crippen LogP contribution is -2.46. The molecule has 3 aromatic rings. The molecule has 4 heterocycles. The van der Waals surface area contributed by atoms with Gasteiger partial charge in [-0.2, -0.15) is 5.10 Å². The minimum absolute atomic E-state index is 0.111. The minimum atomic E-state index is -0.854. The summed E-state index contributed by atoms with van der Waals surface area (Å²) < 4.78 is 6.11. The van der Waals surface area contributed by atoms with Crippen LogP contribution in [-0.4, -0.2) is 86.2 Å². The van der Waals surface area contributed by atoms with Crippen molar-refractivity contribution >= 4 is 40.7 Å².